The van der Waals surface area contributed by atoms with E-state index in [0.29, 0.717) is 11.2 Å². The Balaban J connectivity index is 1.91. The molecule has 1 aliphatic rings. The van der Waals surface area contributed by atoms with Gasteiger partial charge in [-0.2, -0.15) is 10.1 Å². The van der Waals surface area contributed by atoms with Gasteiger partial charge in [-0.25, -0.2) is 4.98 Å². The molecule has 0 aromatic carbocycles. The number of nitrogens with one attached hydrogen (secondary N) is 2. The quantitative estimate of drug-likeness (QED) is 0.834. The minimum Gasteiger partial charge on any atom is -0.357 e. The lowest BCUT2D eigenvalue weighted by molar-refractivity contribution is 0.516. The number of nitrogens with zero attached hydrogens (tertiary/aromatic N) is 3. The van der Waals surface area contributed by atoms with Crippen LogP contribution in [0.25, 0.3) is 11.0 Å². The summed E-state index contributed by atoms with van der Waals surface area (Å²) in [6, 6.07) is 0. The van der Waals surface area contributed by atoms with Crippen molar-refractivity contribution in [1.82, 2.24) is 20.2 Å². The van der Waals surface area contributed by atoms with Crippen LogP contribution in [0.3, 0.4) is 0 Å². The van der Waals surface area contributed by atoms with Crippen LogP contribution in [0.5, 0.6) is 0 Å². The van der Waals surface area contributed by atoms with Crippen molar-refractivity contribution in [2.75, 3.05) is 12.4 Å². The Hall–Kier alpha value is -1.30. The van der Waals surface area contributed by atoms with Gasteiger partial charge in [-0.3, -0.25) is 5.10 Å². The molecule has 1 saturated carbocycles. The third-order valence-corrected chi connectivity index (χ3v) is 4.67. The highest BCUT2D eigenvalue weighted by Crippen LogP contribution is 2.35. The number of rotatable bonds is 3. The van der Waals surface area contributed by atoms with Crippen LogP contribution in [0, 0.1) is 0 Å². The molecule has 0 radical (unpaired) electrons. The van der Waals surface area contributed by atoms with Crippen LogP contribution < -0.4 is 5.32 Å². The van der Waals surface area contributed by atoms with Gasteiger partial charge in [0.2, 0.25) is 5.95 Å². The normalized spacial score (nSPS) is 17.2. The van der Waals surface area contributed by atoms with Crippen molar-refractivity contribution >= 4 is 28.7 Å². The topological polar surface area (TPSA) is 66.5 Å². The van der Waals surface area contributed by atoms with Gasteiger partial charge >= 0.3 is 0 Å². The number of aromatic nitrogens is 4. The third-order valence-electron chi connectivity index (χ3n) is 3.33. The van der Waals surface area contributed by atoms with Crippen molar-refractivity contribution in [2.45, 2.75) is 42.4 Å². The lowest BCUT2D eigenvalue weighted by Gasteiger charge is -2.20. The van der Waals surface area contributed by atoms with Gasteiger partial charge in [0.25, 0.3) is 0 Å². The first-order chi connectivity index (χ1) is 8.86. The predicted octanol–water partition coefficient (Wildman–Crippen LogP) is 2.82. The Kier molecular flexibility index (Phi) is 3.36. The average Bonchev–Trinajstić information content (AvgIpc) is 2.88. The van der Waals surface area contributed by atoms with Gasteiger partial charge in [0.05, 0.1) is 11.6 Å². The van der Waals surface area contributed by atoms with Crippen molar-refractivity contribution in [2.24, 2.45) is 0 Å². The fourth-order valence-electron chi connectivity index (χ4n) is 2.35. The lowest BCUT2D eigenvalue weighted by atomic mass is 10.0. The predicted molar refractivity (Wildman–Crippen MR) is 74.0 cm³/mol. The van der Waals surface area contributed by atoms with Crippen molar-refractivity contribution in [1.29, 1.82) is 0 Å². The summed E-state index contributed by atoms with van der Waals surface area (Å²) in [6.45, 7) is 0. The maximum absolute atomic E-state index is 4.57. The molecule has 18 heavy (non-hydrogen) atoms. The molecule has 0 aliphatic heterocycles. The molecule has 0 atom stereocenters. The van der Waals surface area contributed by atoms with Crippen LogP contribution in [0.2, 0.25) is 0 Å². The zero-order valence-electron chi connectivity index (χ0n) is 10.4. The molecular formula is C12H17N5S. The van der Waals surface area contributed by atoms with Gasteiger partial charge in [-0.1, -0.05) is 19.3 Å². The molecule has 2 heterocycles. The minimum absolute atomic E-state index is 0.657. The van der Waals surface area contributed by atoms with Gasteiger partial charge in [-0.05, 0) is 12.8 Å². The molecule has 6 heteroatoms. The molecule has 2 aromatic heterocycles. The average molecular weight is 263 g/mol. The number of hydrogen-bond acceptors (Lipinski definition) is 5. The van der Waals surface area contributed by atoms with Crippen molar-refractivity contribution in [3.8, 4) is 0 Å². The summed E-state index contributed by atoms with van der Waals surface area (Å²) in [7, 11) is 1.84. The van der Waals surface area contributed by atoms with Gasteiger partial charge < -0.3 is 5.32 Å². The van der Waals surface area contributed by atoms with Gasteiger partial charge in [0, 0.05) is 12.3 Å². The molecule has 1 aliphatic carbocycles. The van der Waals surface area contributed by atoms with Gasteiger partial charge in [0.15, 0.2) is 5.65 Å². The summed E-state index contributed by atoms with van der Waals surface area (Å²) >= 11 is 1.88. The van der Waals surface area contributed by atoms with E-state index < -0.39 is 0 Å². The van der Waals surface area contributed by atoms with E-state index in [9.17, 15) is 0 Å². The largest absolute Gasteiger partial charge is 0.357 e. The fourth-order valence-corrected chi connectivity index (χ4v) is 3.65. The molecule has 0 spiro atoms. The van der Waals surface area contributed by atoms with Crippen LogP contribution in [0.15, 0.2) is 11.2 Å². The molecule has 0 amide bonds. The summed E-state index contributed by atoms with van der Waals surface area (Å²) in [5, 5.41) is 12.8. The van der Waals surface area contributed by atoms with Gasteiger partial charge in [0.1, 0.15) is 5.03 Å². The molecule has 1 fully saturated rings. The Labute approximate surface area is 110 Å². The first-order valence-electron chi connectivity index (χ1n) is 6.42. The third kappa shape index (κ3) is 2.29. The monoisotopic (exact) mass is 263 g/mol. The first kappa shape index (κ1) is 11.8. The van der Waals surface area contributed by atoms with E-state index in [2.05, 4.69) is 25.5 Å². The first-order valence-corrected chi connectivity index (χ1v) is 7.30. The highest BCUT2D eigenvalue weighted by molar-refractivity contribution is 8.00. The maximum atomic E-state index is 4.57. The smallest absolute Gasteiger partial charge is 0.225 e. The molecule has 3 rings (SSSR count). The van der Waals surface area contributed by atoms with Crippen LogP contribution in [0.1, 0.15) is 32.1 Å². The highest BCUT2D eigenvalue weighted by Gasteiger charge is 2.18. The highest BCUT2D eigenvalue weighted by atomic mass is 32.2. The molecule has 0 saturated heterocycles. The molecule has 0 bridgehead atoms. The van der Waals surface area contributed by atoms with Crippen LogP contribution in [-0.4, -0.2) is 32.5 Å². The second-order valence-electron chi connectivity index (χ2n) is 4.61. The van der Waals surface area contributed by atoms with E-state index in [1.54, 1.807) is 0 Å². The Morgan fingerprint density at radius 2 is 2.11 bits per heavy atom. The Morgan fingerprint density at radius 1 is 1.28 bits per heavy atom. The number of H-pyrrole nitrogens is 1. The van der Waals surface area contributed by atoms with E-state index >= 15 is 0 Å². The second kappa shape index (κ2) is 5.14. The summed E-state index contributed by atoms with van der Waals surface area (Å²) in [5.74, 6) is 0.657. The number of anilines is 1. The zero-order valence-corrected chi connectivity index (χ0v) is 11.3. The van der Waals surface area contributed by atoms with Crippen molar-refractivity contribution < 1.29 is 0 Å². The minimum atomic E-state index is 0.657. The Morgan fingerprint density at radius 3 is 2.89 bits per heavy atom. The zero-order chi connectivity index (χ0) is 12.4. The van der Waals surface area contributed by atoms with Crippen LogP contribution in [0.4, 0.5) is 5.95 Å². The Bertz CT molecular complexity index is 532. The number of fused-ring (bicyclic) bond motifs is 1. The van der Waals surface area contributed by atoms with E-state index in [0.717, 1.165) is 16.1 Å². The summed E-state index contributed by atoms with van der Waals surface area (Å²) in [5.41, 5.74) is 0.813. The van der Waals surface area contributed by atoms with Crippen molar-refractivity contribution in [3.63, 3.8) is 0 Å². The summed E-state index contributed by atoms with van der Waals surface area (Å²) in [4.78, 5) is 8.92. The number of aromatic amines is 1. The second-order valence-corrected chi connectivity index (χ2v) is 5.90. The van der Waals surface area contributed by atoms with Crippen LogP contribution >= 0.6 is 11.8 Å². The van der Waals surface area contributed by atoms with E-state index in [1.165, 1.54) is 32.1 Å². The van der Waals surface area contributed by atoms with Crippen molar-refractivity contribution in [3.05, 3.63) is 6.20 Å². The maximum Gasteiger partial charge on any atom is 0.225 e. The molecule has 2 N–H and O–H groups in total. The number of hydrogen-bond donors (Lipinski definition) is 2. The SMILES string of the molecule is CNc1nc(SC2CCCCC2)c2cn[nH]c2n1. The van der Waals surface area contributed by atoms with E-state index in [4.69, 9.17) is 0 Å². The molecule has 5 nitrogen and oxygen atoms in total. The molecule has 2 aromatic rings. The van der Waals surface area contributed by atoms with E-state index in [-0.39, 0.29) is 0 Å². The summed E-state index contributed by atoms with van der Waals surface area (Å²) < 4.78 is 0. The molecule has 96 valence electrons. The number of thioether (sulfide) groups is 1. The fraction of sp³-hybridized carbons (Fsp3) is 0.583. The molecular weight excluding hydrogens is 246 g/mol. The lowest BCUT2D eigenvalue weighted by Crippen LogP contribution is -2.08. The molecule has 0 unspecified atom stereocenters. The summed E-state index contributed by atoms with van der Waals surface area (Å²) in [6.07, 6.45) is 8.47. The standard InChI is InChI=1S/C12H17N5S/c1-13-12-15-10-9(7-14-17-10)11(16-12)18-8-5-3-2-4-6-8/h7-8H,2-6H2,1H3,(H2,13,14,15,16,17). The van der Waals surface area contributed by atoms with Crippen LogP contribution in [-0.2, 0) is 0 Å². The van der Waals surface area contributed by atoms with Gasteiger partial charge in [-0.15, -0.1) is 11.8 Å². The van der Waals surface area contributed by atoms with E-state index in [1.807, 2.05) is 25.0 Å².